The Bertz CT molecular complexity index is 348. The van der Waals surface area contributed by atoms with Gasteiger partial charge in [0.05, 0.1) is 18.9 Å². The second kappa shape index (κ2) is 5.96. The molecule has 0 radical (unpaired) electrons. The van der Waals surface area contributed by atoms with Gasteiger partial charge in [-0.15, -0.1) is 0 Å². The molecule has 17 heavy (non-hydrogen) atoms. The molecule has 0 aliphatic carbocycles. The molecule has 0 saturated heterocycles. The number of nitrogens with zero attached hydrogens (tertiary/aromatic N) is 2. The van der Waals surface area contributed by atoms with Crippen LogP contribution in [0.3, 0.4) is 0 Å². The Morgan fingerprint density at radius 2 is 2.06 bits per heavy atom. The van der Waals surface area contributed by atoms with Gasteiger partial charge in [0.15, 0.2) is 0 Å². The smallest absolute Gasteiger partial charge is 0.216 e. The summed E-state index contributed by atoms with van der Waals surface area (Å²) in [4.78, 5) is 8.06. The zero-order chi connectivity index (χ0) is 12.9. The minimum absolute atomic E-state index is 0.254. The van der Waals surface area contributed by atoms with Gasteiger partial charge in [-0.1, -0.05) is 20.8 Å². The maximum atomic E-state index is 9.93. The number of aromatic nitrogens is 2. The highest BCUT2D eigenvalue weighted by molar-refractivity contribution is 5.13. The summed E-state index contributed by atoms with van der Waals surface area (Å²) in [6.45, 7) is 6.52. The number of hydrogen-bond donors (Lipinski definition) is 1. The van der Waals surface area contributed by atoms with Gasteiger partial charge in [0.2, 0.25) is 5.88 Å². The van der Waals surface area contributed by atoms with Crippen LogP contribution < -0.4 is 4.74 Å². The van der Waals surface area contributed by atoms with Crippen LogP contribution in [0.5, 0.6) is 5.88 Å². The normalized spacial score (nSPS) is 13.5. The zero-order valence-corrected chi connectivity index (χ0v) is 11.1. The standard InChI is InChI=1S/C13H22N2O2/c1-13(2,3)6-5-11(16)7-10-8-12(17-4)15-9-14-10/h8-9,11,16H,5-7H2,1-4H3. The highest BCUT2D eigenvalue weighted by atomic mass is 16.5. The number of ether oxygens (including phenoxy) is 1. The van der Waals surface area contributed by atoms with Gasteiger partial charge < -0.3 is 9.84 Å². The number of rotatable bonds is 5. The Labute approximate surface area is 103 Å². The molecule has 0 bridgehead atoms. The van der Waals surface area contributed by atoms with Crippen LogP contribution in [0.25, 0.3) is 0 Å². The first kappa shape index (κ1) is 13.9. The topological polar surface area (TPSA) is 55.2 Å². The highest BCUT2D eigenvalue weighted by Gasteiger charge is 2.14. The van der Waals surface area contributed by atoms with E-state index in [-0.39, 0.29) is 11.5 Å². The van der Waals surface area contributed by atoms with E-state index in [1.165, 1.54) is 6.33 Å². The lowest BCUT2D eigenvalue weighted by atomic mass is 9.88. The lowest BCUT2D eigenvalue weighted by molar-refractivity contribution is 0.144. The van der Waals surface area contributed by atoms with E-state index in [1.807, 2.05) is 0 Å². The number of aliphatic hydroxyl groups is 1. The van der Waals surface area contributed by atoms with Crippen molar-refractivity contribution in [3.8, 4) is 5.88 Å². The molecule has 0 aromatic carbocycles. The first-order valence-corrected chi connectivity index (χ1v) is 5.94. The van der Waals surface area contributed by atoms with Crippen LogP contribution in [0.2, 0.25) is 0 Å². The van der Waals surface area contributed by atoms with Crippen molar-refractivity contribution >= 4 is 0 Å². The second-order valence-corrected chi connectivity index (χ2v) is 5.51. The van der Waals surface area contributed by atoms with E-state index < -0.39 is 0 Å². The predicted molar refractivity (Wildman–Crippen MR) is 67.0 cm³/mol. The summed E-state index contributed by atoms with van der Waals surface area (Å²) in [6.07, 6.45) is 3.44. The molecule has 4 heteroatoms. The van der Waals surface area contributed by atoms with Gasteiger partial charge in [0.1, 0.15) is 6.33 Å². The van der Waals surface area contributed by atoms with Crippen molar-refractivity contribution in [2.75, 3.05) is 7.11 Å². The van der Waals surface area contributed by atoms with E-state index >= 15 is 0 Å². The minimum Gasteiger partial charge on any atom is -0.481 e. The van der Waals surface area contributed by atoms with Crippen molar-refractivity contribution < 1.29 is 9.84 Å². The van der Waals surface area contributed by atoms with Gasteiger partial charge in [-0.05, 0) is 18.3 Å². The van der Waals surface area contributed by atoms with Gasteiger partial charge in [0, 0.05) is 12.5 Å². The number of methoxy groups -OCH3 is 1. The van der Waals surface area contributed by atoms with Crippen molar-refractivity contribution in [2.45, 2.75) is 46.1 Å². The van der Waals surface area contributed by atoms with Crippen LogP contribution in [0.1, 0.15) is 39.3 Å². The largest absolute Gasteiger partial charge is 0.481 e. The lowest BCUT2D eigenvalue weighted by Gasteiger charge is -2.20. The maximum absolute atomic E-state index is 9.93. The molecule has 0 saturated carbocycles. The van der Waals surface area contributed by atoms with Crippen molar-refractivity contribution in [3.63, 3.8) is 0 Å². The summed E-state index contributed by atoms with van der Waals surface area (Å²) in [6, 6.07) is 1.76. The zero-order valence-electron chi connectivity index (χ0n) is 11.1. The van der Waals surface area contributed by atoms with Crippen LogP contribution in [-0.4, -0.2) is 28.3 Å². The summed E-state index contributed by atoms with van der Waals surface area (Å²) < 4.78 is 5.02. The fourth-order valence-electron chi connectivity index (χ4n) is 1.54. The summed E-state index contributed by atoms with van der Waals surface area (Å²) in [5.41, 5.74) is 1.07. The average molecular weight is 238 g/mol. The summed E-state index contributed by atoms with van der Waals surface area (Å²) in [5, 5.41) is 9.93. The molecule has 0 spiro atoms. The van der Waals surface area contributed by atoms with E-state index in [1.54, 1.807) is 13.2 Å². The van der Waals surface area contributed by atoms with Crippen molar-refractivity contribution in [1.29, 1.82) is 0 Å². The monoisotopic (exact) mass is 238 g/mol. The molecule has 1 unspecified atom stereocenters. The van der Waals surface area contributed by atoms with E-state index in [9.17, 15) is 5.11 Å². The summed E-state index contributed by atoms with van der Waals surface area (Å²) in [5.74, 6) is 0.540. The average Bonchev–Trinajstić information content (AvgIpc) is 2.26. The van der Waals surface area contributed by atoms with E-state index in [2.05, 4.69) is 30.7 Å². The molecule has 0 fully saturated rings. The predicted octanol–water partition coefficient (Wildman–Crippen LogP) is 2.21. The fourth-order valence-corrected chi connectivity index (χ4v) is 1.54. The first-order valence-electron chi connectivity index (χ1n) is 5.94. The highest BCUT2D eigenvalue weighted by Crippen LogP contribution is 2.22. The Morgan fingerprint density at radius 1 is 1.35 bits per heavy atom. The van der Waals surface area contributed by atoms with Crippen LogP contribution in [0, 0.1) is 5.41 Å². The van der Waals surface area contributed by atoms with Crippen molar-refractivity contribution in [3.05, 3.63) is 18.1 Å². The van der Waals surface area contributed by atoms with Gasteiger partial charge in [-0.3, -0.25) is 0 Å². The Kier molecular flexibility index (Phi) is 4.87. The molecule has 1 heterocycles. The lowest BCUT2D eigenvalue weighted by Crippen LogP contribution is -2.16. The van der Waals surface area contributed by atoms with Crippen LogP contribution in [-0.2, 0) is 6.42 Å². The first-order chi connectivity index (χ1) is 7.90. The van der Waals surface area contributed by atoms with Gasteiger partial charge in [0.25, 0.3) is 0 Å². The Hall–Kier alpha value is -1.16. The van der Waals surface area contributed by atoms with Gasteiger partial charge >= 0.3 is 0 Å². The SMILES string of the molecule is COc1cc(CC(O)CCC(C)(C)C)ncn1. The molecular formula is C13H22N2O2. The molecule has 96 valence electrons. The molecule has 1 N–H and O–H groups in total. The molecule has 1 rings (SSSR count). The molecule has 4 nitrogen and oxygen atoms in total. The van der Waals surface area contributed by atoms with Crippen LogP contribution in [0.4, 0.5) is 0 Å². The molecule has 0 amide bonds. The minimum atomic E-state index is -0.353. The molecular weight excluding hydrogens is 216 g/mol. The third-order valence-electron chi connectivity index (χ3n) is 2.58. The summed E-state index contributed by atoms with van der Waals surface area (Å²) >= 11 is 0. The maximum Gasteiger partial charge on any atom is 0.216 e. The van der Waals surface area contributed by atoms with E-state index in [4.69, 9.17) is 4.74 Å². The van der Waals surface area contributed by atoms with Crippen molar-refractivity contribution in [2.24, 2.45) is 5.41 Å². The third kappa shape index (κ3) is 5.63. The molecule has 0 aliphatic rings. The summed E-state index contributed by atoms with van der Waals surface area (Å²) in [7, 11) is 1.57. The molecule has 1 atom stereocenters. The van der Waals surface area contributed by atoms with E-state index in [0.29, 0.717) is 12.3 Å². The van der Waals surface area contributed by atoms with Gasteiger partial charge in [-0.25, -0.2) is 9.97 Å². The van der Waals surface area contributed by atoms with Crippen LogP contribution >= 0.6 is 0 Å². The quantitative estimate of drug-likeness (QED) is 0.854. The Morgan fingerprint density at radius 3 is 2.65 bits per heavy atom. The number of aliphatic hydroxyl groups excluding tert-OH is 1. The van der Waals surface area contributed by atoms with Gasteiger partial charge in [-0.2, -0.15) is 0 Å². The molecule has 1 aromatic heterocycles. The Balaban J connectivity index is 2.47. The molecule has 0 aliphatic heterocycles. The second-order valence-electron chi connectivity index (χ2n) is 5.51. The molecule has 1 aromatic rings. The van der Waals surface area contributed by atoms with Crippen molar-refractivity contribution in [1.82, 2.24) is 9.97 Å². The fraction of sp³-hybridized carbons (Fsp3) is 0.692. The third-order valence-corrected chi connectivity index (χ3v) is 2.58. The van der Waals surface area contributed by atoms with E-state index in [0.717, 1.165) is 18.5 Å². The van der Waals surface area contributed by atoms with Crippen LogP contribution in [0.15, 0.2) is 12.4 Å². The number of hydrogen-bond acceptors (Lipinski definition) is 4.